The summed E-state index contributed by atoms with van der Waals surface area (Å²) in [6.45, 7) is 12.8. The van der Waals surface area contributed by atoms with Gasteiger partial charge in [-0.15, -0.1) is 6.58 Å². The minimum atomic E-state index is -1.41. The standard InChI is InChI=1S/C49H60N2O10/c1-6-21-51(47(55)34-17-19-42-43(27-34)57-31-56-42)44-29-40(50-61-48(3,4)5)38-26-33(14-8-10-22-52)37(16-9-11-23-53)45-39-28-36(59-35-15-12-13-32(25-35)30-54)18-20-41(39)60-49(44,46(38)45)58-24-7-2/h7,12-13,15,17-20,25-28,30,33,37,44-46,52-53H,2,6,8-11,14,16,21-24,29,31H2,1,3-5H3/t33-,37+,44-,45+,46+,49+/m0/s1. The molecule has 6 atom stereocenters. The minimum absolute atomic E-state index is 0.0368. The molecule has 0 aromatic heterocycles. The van der Waals surface area contributed by atoms with Gasteiger partial charge in [-0.2, -0.15) is 0 Å². The van der Waals surface area contributed by atoms with Crippen LogP contribution in [-0.4, -0.2) is 83.6 Å². The molecule has 2 aliphatic carbocycles. The number of allylic oxidation sites excluding steroid dienone is 1. The number of aldehydes is 1. The Morgan fingerprint density at radius 3 is 2.46 bits per heavy atom. The van der Waals surface area contributed by atoms with E-state index in [1.165, 1.54) is 0 Å². The zero-order chi connectivity index (χ0) is 43.1. The predicted octanol–water partition coefficient (Wildman–Crippen LogP) is 9.00. The predicted molar refractivity (Wildman–Crippen MR) is 232 cm³/mol. The molecule has 1 fully saturated rings. The first-order chi connectivity index (χ1) is 29.5. The quantitative estimate of drug-likeness (QED) is 0.0519. The highest BCUT2D eigenvalue weighted by atomic mass is 16.7. The van der Waals surface area contributed by atoms with Crippen LogP contribution in [0.5, 0.6) is 28.7 Å². The van der Waals surface area contributed by atoms with Gasteiger partial charge in [0.2, 0.25) is 12.6 Å². The second-order valence-electron chi connectivity index (χ2n) is 17.3. The van der Waals surface area contributed by atoms with E-state index in [0.717, 1.165) is 48.8 Å². The van der Waals surface area contributed by atoms with Crippen molar-refractivity contribution in [2.24, 2.45) is 22.9 Å². The number of oxime groups is 1. The molecule has 7 rings (SSSR count). The molecule has 12 nitrogen and oxygen atoms in total. The van der Waals surface area contributed by atoms with Gasteiger partial charge in [0.05, 0.1) is 18.2 Å². The van der Waals surface area contributed by atoms with E-state index in [0.29, 0.717) is 65.7 Å². The third-order valence-corrected chi connectivity index (χ3v) is 12.0. The number of unbranched alkanes of at least 4 members (excludes halogenated alkanes) is 2. The number of aliphatic hydroxyl groups excluding tert-OH is 2. The number of rotatable bonds is 19. The lowest BCUT2D eigenvalue weighted by atomic mass is 9.55. The monoisotopic (exact) mass is 836 g/mol. The average molecular weight is 837 g/mol. The molecule has 326 valence electrons. The van der Waals surface area contributed by atoms with Crippen LogP contribution in [0.25, 0.3) is 0 Å². The van der Waals surface area contributed by atoms with Crippen LogP contribution in [0.15, 0.2) is 90.1 Å². The lowest BCUT2D eigenvalue weighted by Crippen LogP contribution is -2.70. The summed E-state index contributed by atoms with van der Waals surface area (Å²) >= 11 is 0. The molecule has 0 bridgehead atoms. The molecule has 2 aliphatic heterocycles. The molecule has 1 saturated carbocycles. The van der Waals surface area contributed by atoms with Gasteiger partial charge in [-0.1, -0.05) is 49.2 Å². The van der Waals surface area contributed by atoms with Crippen molar-refractivity contribution in [3.05, 3.63) is 102 Å². The van der Waals surface area contributed by atoms with Crippen LogP contribution < -0.4 is 18.9 Å². The number of benzene rings is 3. The van der Waals surface area contributed by atoms with Crippen molar-refractivity contribution in [2.75, 3.05) is 33.2 Å². The summed E-state index contributed by atoms with van der Waals surface area (Å²) in [5.74, 6) is 0.591. The highest BCUT2D eigenvalue weighted by Crippen LogP contribution is 2.62. The van der Waals surface area contributed by atoms with Gasteiger partial charge < -0.3 is 43.6 Å². The fourth-order valence-electron chi connectivity index (χ4n) is 9.53. The minimum Gasteiger partial charge on any atom is -0.459 e. The number of carbonyl (C=O) groups is 2. The van der Waals surface area contributed by atoms with Crippen LogP contribution in [0.2, 0.25) is 0 Å². The molecule has 0 radical (unpaired) electrons. The normalized spacial score (nSPS) is 24.2. The average Bonchev–Trinajstić information content (AvgIpc) is 3.73. The number of hydrogen-bond acceptors (Lipinski definition) is 11. The van der Waals surface area contributed by atoms with E-state index in [1.54, 1.807) is 42.5 Å². The van der Waals surface area contributed by atoms with Gasteiger partial charge in [-0.3, -0.25) is 9.59 Å². The highest BCUT2D eigenvalue weighted by molar-refractivity contribution is 6.03. The Labute approximate surface area is 359 Å². The molecular weight excluding hydrogens is 777 g/mol. The third-order valence-electron chi connectivity index (χ3n) is 12.0. The van der Waals surface area contributed by atoms with Gasteiger partial charge in [0.25, 0.3) is 5.91 Å². The Kier molecular flexibility index (Phi) is 13.9. The molecule has 12 heteroatoms. The van der Waals surface area contributed by atoms with Crippen LogP contribution >= 0.6 is 0 Å². The fraction of sp³-hybridized carbons (Fsp3) is 0.490. The summed E-state index contributed by atoms with van der Waals surface area (Å²) in [5.41, 5.74) is 2.95. The summed E-state index contributed by atoms with van der Waals surface area (Å²) in [6, 6.07) is 17.4. The second kappa shape index (κ2) is 19.3. The van der Waals surface area contributed by atoms with Gasteiger partial charge in [0.1, 0.15) is 35.2 Å². The van der Waals surface area contributed by atoms with Crippen LogP contribution in [0.3, 0.4) is 0 Å². The van der Waals surface area contributed by atoms with Crippen molar-refractivity contribution >= 4 is 17.9 Å². The summed E-state index contributed by atoms with van der Waals surface area (Å²) in [6.07, 6.45) is 10.3. The maximum absolute atomic E-state index is 15.1. The first-order valence-electron chi connectivity index (χ1n) is 21.7. The topological polar surface area (TPSA) is 146 Å². The molecule has 4 aliphatic rings. The number of carbonyl (C=O) groups excluding carboxylic acids is 2. The summed E-state index contributed by atoms with van der Waals surface area (Å²) in [7, 11) is 0. The number of hydrogen-bond donors (Lipinski definition) is 2. The third kappa shape index (κ3) is 9.37. The zero-order valence-electron chi connectivity index (χ0n) is 35.8. The summed E-state index contributed by atoms with van der Waals surface area (Å²) < 4.78 is 32.2. The number of aliphatic hydroxyl groups is 2. The first kappa shape index (κ1) is 43.9. The van der Waals surface area contributed by atoms with E-state index < -0.39 is 23.3 Å². The van der Waals surface area contributed by atoms with E-state index in [2.05, 4.69) is 12.7 Å². The molecule has 3 aromatic rings. The van der Waals surface area contributed by atoms with Gasteiger partial charge >= 0.3 is 0 Å². The van der Waals surface area contributed by atoms with E-state index >= 15 is 4.79 Å². The van der Waals surface area contributed by atoms with Gasteiger partial charge in [-0.05, 0) is 119 Å². The fourth-order valence-corrected chi connectivity index (χ4v) is 9.53. The van der Waals surface area contributed by atoms with Crippen LogP contribution in [0.4, 0.5) is 0 Å². The van der Waals surface area contributed by atoms with Crippen LogP contribution in [-0.2, 0) is 9.57 Å². The van der Waals surface area contributed by atoms with Gasteiger partial charge in [-0.25, -0.2) is 0 Å². The van der Waals surface area contributed by atoms with E-state index in [4.69, 9.17) is 33.7 Å². The van der Waals surface area contributed by atoms with E-state index in [-0.39, 0.29) is 56.7 Å². The van der Waals surface area contributed by atoms with Crippen molar-refractivity contribution in [3.63, 3.8) is 0 Å². The molecule has 1 amide bonds. The summed E-state index contributed by atoms with van der Waals surface area (Å²) in [4.78, 5) is 34.9. The highest BCUT2D eigenvalue weighted by Gasteiger charge is 2.65. The largest absolute Gasteiger partial charge is 0.459 e. The molecule has 0 saturated heterocycles. The van der Waals surface area contributed by atoms with Crippen LogP contribution in [0.1, 0.15) is 111 Å². The van der Waals surface area contributed by atoms with E-state index in [1.807, 2.05) is 56.9 Å². The molecule has 0 unspecified atom stereocenters. The molecular formula is C49H60N2O10. The lowest BCUT2D eigenvalue weighted by Gasteiger charge is -2.60. The maximum atomic E-state index is 15.1. The summed E-state index contributed by atoms with van der Waals surface area (Å²) in [5, 5.41) is 24.8. The van der Waals surface area contributed by atoms with Crippen molar-refractivity contribution < 1.29 is 48.3 Å². The number of nitrogens with zero attached hydrogens (tertiary/aromatic N) is 2. The van der Waals surface area contributed by atoms with E-state index in [9.17, 15) is 15.0 Å². The van der Waals surface area contributed by atoms with Crippen molar-refractivity contribution in [3.8, 4) is 28.7 Å². The number of fused-ring (bicyclic) bond motifs is 3. The molecule has 3 aromatic carbocycles. The van der Waals surface area contributed by atoms with Gasteiger partial charge in [0, 0.05) is 48.8 Å². The molecule has 2 N–H and O–H groups in total. The van der Waals surface area contributed by atoms with Crippen molar-refractivity contribution in [1.82, 2.24) is 4.90 Å². The zero-order valence-corrected chi connectivity index (χ0v) is 35.8. The number of amides is 1. The Balaban J connectivity index is 1.45. The van der Waals surface area contributed by atoms with Crippen LogP contribution in [0, 0.1) is 17.8 Å². The Morgan fingerprint density at radius 1 is 0.967 bits per heavy atom. The Morgan fingerprint density at radius 2 is 1.72 bits per heavy atom. The smallest absolute Gasteiger partial charge is 0.254 e. The maximum Gasteiger partial charge on any atom is 0.254 e. The lowest BCUT2D eigenvalue weighted by molar-refractivity contribution is -0.254. The molecule has 2 heterocycles. The molecule has 0 spiro atoms. The Bertz CT molecular complexity index is 2110. The SMILES string of the molecule is C=CCO[C@@]12Oc3ccc(Oc4cccc(C=O)c4)cc3[C@H]3[C@H](CCCCO)[C@@H](CCCCO)C=C(C(=NOC(C)(C)C)C[C@@H]1N(CCC)C(=O)c1ccc4c(c1)OCO4)[C@H]32. The second-order valence-corrected chi connectivity index (χ2v) is 17.3. The Hall–Kier alpha value is -5.17. The van der Waals surface area contributed by atoms with Gasteiger partial charge in [0.15, 0.2) is 11.5 Å². The van der Waals surface area contributed by atoms with Crippen molar-refractivity contribution in [1.29, 1.82) is 0 Å². The molecule has 61 heavy (non-hydrogen) atoms. The first-order valence-corrected chi connectivity index (χ1v) is 21.7. The number of ether oxygens (including phenoxy) is 5. The van der Waals surface area contributed by atoms with Crippen molar-refractivity contribution in [2.45, 2.75) is 102 Å².